The van der Waals surface area contributed by atoms with Gasteiger partial charge in [-0.3, -0.25) is 14.6 Å². The average Bonchev–Trinajstić information content (AvgIpc) is 3.30. The van der Waals surface area contributed by atoms with E-state index < -0.39 is 23.6 Å². The number of carbonyl (C=O) groups excluding carboxylic acids is 2. The fourth-order valence-electron chi connectivity index (χ4n) is 3.54. The molecular weight excluding hydrogens is 483 g/mol. The first-order valence-electron chi connectivity index (χ1n) is 11.1. The van der Waals surface area contributed by atoms with Gasteiger partial charge in [0, 0.05) is 41.6 Å². The van der Waals surface area contributed by atoms with Gasteiger partial charge in [-0.05, 0) is 67.4 Å². The molecule has 4 rings (SSSR count). The Balaban J connectivity index is 1.52. The van der Waals surface area contributed by atoms with Gasteiger partial charge in [-0.2, -0.15) is 13.2 Å². The number of alkyl halides is 3. The second-order valence-electron chi connectivity index (χ2n) is 8.24. The molecule has 2 amide bonds. The predicted octanol–water partition coefficient (Wildman–Crippen LogP) is 5.81. The number of anilines is 2. The Morgan fingerprint density at radius 1 is 1.03 bits per heavy atom. The number of carbonyl (C=O) groups is 2. The SMILES string of the molecule is Cc1cn(-c2ccc(NC(=O)c3ccc(C)c(NC(=O)/C=C/c4cccnc4)c3)cc2C(F)(F)F)cn1. The van der Waals surface area contributed by atoms with Crippen LogP contribution in [0.5, 0.6) is 0 Å². The standard InChI is InChI=1S/C27H22F3N5O2/c1-17-5-7-20(12-23(17)34-25(36)10-6-19-4-3-11-31-14-19)26(37)33-21-8-9-24(22(13-21)27(28,29)30)35-15-18(2)32-16-35/h3-16H,1-2H3,(H,33,37)(H,34,36)/b10-6+. The van der Waals surface area contributed by atoms with Crippen molar-refractivity contribution < 1.29 is 22.8 Å². The summed E-state index contributed by atoms with van der Waals surface area (Å²) in [5, 5.41) is 5.22. The first-order valence-corrected chi connectivity index (χ1v) is 11.1. The molecule has 0 unspecified atom stereocenters. The van der Waals surface area contributed by atoms with Gasteiger partial charge in [0.05, 0.1) is 23.3 Å². The molecule has 0 saturated carbocycles. The van der Waals surface area contributed by atoms with Crippen molar-refractivity contribution in [3.63, 3.8) is 0 Å². The molecule has 0 aliphatic heterocycles. The monoisotopic (exact) mass is 505 g/mol. The van der Waals surface area contributed by atoms with Crippen molar-refractivity contribution in [3.05, 3.63) is 107 Å². The van der Waals surface area contributed by atoms with Crippen LogP contribution < -0.4 is 10.6 Å². The summed E-state index contributed by atoms with van der Waals surface area (Å²) in [7, 11) is 0. The van der Waals surface area contributed by atoms with Crippen LogP contribution in [0.4, 0.5) is 24.5 Å². The number of amides is 2. The second-order valence-corrected chi connectivity index (χ2v) is 8.24. The summed E-state index contributed by atoms with van der Waals surface area (Å²) in [6, 6.07) is 11.7. The summed E-state index contributed by atoms with van der Waals surface area (Å²) >= 11 is 0. The Morgan fingerprint density at radius 3 is 2.51 bits per heavy atom. The minimum Gasteiger partial charge on any atom is -0.322 e. The summed E-state index contributed by atoms with van der Waals surface area (Å²) in [4.78, 5) is 33.2. The van der Waals surface area contributed by atoms with Gasteiger partial charge >= 0.3 is 6.18 Å². The normalized spacial score (nSPS) is 11.5. The molecule has 0 bridgehead atoms. The Bertz CT molecular complexity index is 1480. The number of nitrogens with one attached hydrogen (secondary N) is 2. The van der Waals surface area contributed by atoms with E-state index in [0.29, 0.717) is 16.9 Å². The third-order valence-corrected chi connectivity index (χ3v) is 5.42. The van der Waals surface area contributed by atoms with E-state index in [1.54, 1.807) is 50.5 Å². The van der Waals surface area contributed by atoms with E-state index in [1.165, 1.54) is 47.4 Å². The molecular formula is C27H22F3N5O2. The summed E-state index contributed by atoms with van der Waals surface area (Å²) in [6.07, 6.45) is 4.29. The smallest absolute Gasteiger partial charge is 0.322 e. The van der Waals surface area contributed by atoms with Crippen molar-refractivity contribution in [2.75, 3.05) is 10.6 Å². The maximum absolute atomic E-state index is 13.8. The summed E-state index contributed by atoms with van der Waals surface area (Å²) < 4.78 is 42.6. The largest absolute Gasteiger partial charge is 0.418 e. The lowest BCUT2D eigenvalue weighted by molar-refractivity contribution is -0.137. The van der Waals surface area contributed by atoms with Gasteiger partial charge in [0.15, 0.2) is 0 Å². The Hall–Kier alpha value is -4.73. The highest BCUT2D eigenvalue weighted by Gasteiger charge is 2.34. The number of rotatable bonds is 6. The Morgan fingerprint density at radius 2 is 1.84 bits per heavy atom. The molecule has 0 fully saturated rings. The van der Waals surface area contributed by atoms with Gasteiger partial charge in [0.1, 0.15) is 0 Å². The quantitative estimate of drug-likeness (QED) is 0.324. The van der Waals surface area contributed by atoms with E-state index in [2.05, 4.69) is 20.6 Å². The number of nitrogens with zero attached hydrogens (tertiary/aromatic N) is 3. The minimum atomic E-state index is -4.65. The number of hydrogen-bond acceptors (Lipinski definition) is 4. The molecule has 2 aromatic carbocycles. The van der Waals surface area contributed by atoms with Crippen molar-refractivity contribution in [1.82, 2.24) is 14.5 Å². The van der Waals surface area contributed by atoms with E-state index in [-0.39, 0.29) is 16.9 Å². The number of aromatic nitrogens is 3. The van der Waals surface area contributed by atoms with E-state index in [9.17, 15) is 22.8 Å². The van der Waals surface area contributed by atoms with Crippen molar-refractivity contribution in [3.8, 4) is 5.69 Å². The van der Waals surface area contributed by atoms with Crippen LogP contribution in [0.25, 0.3) is 11.8 Å². The van der Waals surface area contributed by atoms with Crippen LogP contribution in [0.2, 0.25) is 0 Å². The predicted molar refractivity (Wildman–Crippen MR) is 134 cm³/mol. The number of pyridine rings is 1. The van der Waals surface area contributed by atoms with E-state index in [4.69, 9.17) is 0 Å². The first kappa shape index (κ1) is 25.4. The topological polar surface area (TPSA) is 88.9 Å². The molecule has 0 aliphatic rings. The highest BCUT2D eigenvalue weighted by molar-refractivity contribution is 6.07. The molecule has 37 heavy (non-hydrogen) atoms. The fourth-order valence-corrected chi connectivity index (χ4v) is 3.54. The molecule has 2 aromatic heterocycles. The number of imidazole rings is 1. The third-order valence-electron chi connectivity index (χ3n) is 5.42. The molecule has 2 N–H and O–H groups in total. The summed E-state index contributed by atoms with van der Waals surface area (Å²) in [5.41, 5.74) is 1.54. The average molecular weight is 506 g/mol. The van der Waals surface area contributed by atoms with Gasteiger partial charge in [-0.15, -0.1) is 0 Å². The third kappa shape index (κ3) is 6.29. The van der Waals surface area contributed by atoms with Crippen LogP contribution in [-0.4, -0.2) is 26.3 Å². The molecule has 0 atom stereocenters. The van der Waals surface area contributed by atoms with Crippen molar-refractivity contribution in [1.29, 1.82) is 0 Å². The van der Waals surface area contributed by atoms with Gasteiger partial charge in [-0.1, -0.05) is 12.1 Å². The highest BCUT2D eigenvalue weighted by Crippen LogP contribution is 2.36. The summed E-state index contributed by atoms with van der Waals surface area (Å²) in [6.45, 7) is 3.43. The number of benzene rings is 2. The molecule has 10 heteroatoms. The van der Waals surface area contributed by atoms with Crippen LogP contribution in [-0.2, 0) is 11.0 Å². The van der Waals surface area contributed by atoms with Crippen molar-refractivity contribution in [2.24, 2.45) is 0 Å². The van der Waals surface area contributed by atoms with Gasteiger partial charge in [0.25, 0.3) is 5.91 Å². The van der Waals surface area contributed by atoms with Crippen molar-refractivity contribution >= 4 is 29.3 Å². The van der Waals surface area contributed by atoms with Crippen LogP contribution in [0.15, 0.2) is 79.5 Å². The number of aryl methyl sites for hydroxylation is 2. The molecule has 188 valence electrons. The van der Waals surface area contributed by atoms with Crippen molar-refractivity contribution in [2.45, 2.75) is 20.0 Å². The molecule has 4 aromatic rings. The zero-order valence-electron chi connectivity index (χ0n) is 19.9. The molecule has 0 spiro atoms. The van der Waals surface area contributed by atoms with Crippen LogP contribution in [0.3, 0.4) is 0 Å². The fraction of sp³-hybridized carbons (Fsp3) is 0.111. The number of halogens is 3. The molecule has 0 saturated heterocycles. The van der Waals surface area contributed by atoms with Crippen LogP contribution >= 0.6 is 0 Å². The molecule has 7 nitrogen and oxygen atoms in total. The highest BCUT2D eigenvalue weighted by atomic mass is 19.4. The first-order chi connectivity index (χ1) is 17.6. The lowest BCUT2D eigenvalue weighted by Crippen LogP contribution is -2.16. The zero-order valence-corrected chi connectivity index (χ0v) is 19.9. The van der Waals surface area contributed by atoms with Gasteiger partial charge in [0.2, 0.25) is 5.91 Å². The van der Waals surface area contributed by atoms with E-state index in [0.717, 1.165) is 11.6 Å². The molecule has 0 aliphatic carbocycles. The maximum atomic E-state index is 13.8. The summed E-state index contributed by atoms with van der Waals surface area (Å²) in [5.74, 6) is -1.04. The molecule has 0 radical (unpaired) electrons. The number of hydrogen-bond donors (Lipinski definition) is 2. The Kier molecular flexibility index (Phi) is 7.19. The minimum absolute atomic E-state index is 0.0246. The zero-order chi connectivity index (χ0) is 26.6. The van der Waals surface area contributed by atoms with Gasteiger partial charge in [-0.25, -0.2) is 4.98 Å². The van der Waals surface area contributed by atoms with E-state index in [1.807, 2.05) is 0 Å². The lowest BCUT2D eigenvalue weighted by atomic mass is 10.1. The van der Waals surface area contributed by atoms with Crippen LogP contribution in [0, 0.1) is 13.8 Å². The molecule has 2 heterocycles. The lowest BCUT2D eigenvalue weighted by Gasteiger charge is -2.16. The second kappa shape index (κ2) is 10.5. The maximum Gasteiger partial charge on any atom is 0.418 e. The van der Waals surface area contributed by atoms with Gasteiger partial charge < -0.3 is 15.2 Å². The van der Waals surface area contributed by atoms with E-state index >= 15 is 0 Å². The Labute approximate surface area is 210 Å². The van der Waals surface area contributed by atoms with Crippen LogP contribution in [0.1, 0.15) is 32.7 Å².